The highest BCUT2D eigenvalue weighted by atomic mass is 32.1. The van der Waals surface area contributed by atoms with Gasteiger partial charge in [-0.1, -0.05) is 18.2 Å². The minimum Gasteiger partial charge on any atom is -0.495 e. The van der Waals surface area contributed by atoms with Crippen molar-refractivity contribution in [1.82, 2.24) is 5.32 Å². The summed E-state index contributed by atoms with van der Waals surface area (Å²) in [7, 11) is 1.52. The quantitative estimate of drug-likeness (QED) is 0.579. The number of nitrogens with zero attached hydrogens (tertiary/aromatic N) is 1. The number of anilines is 1. The van der Waals surface area contributed by atoms with E-state index >= 15 is 0 Å². The van der Waals surface area contributed by atoms with Gasteiger partial charge in [0, 0.05) is 5.70 Å². The van der Waals surface area contributed by atoms with Crippen LogP contribution in [0.25, 0.3) is 0 Å². The molecule has 0 aromatic heterocycles. The van der Waals surface area contributed by atoms with Crippen LogP contribution in [0.1, 0.15) is 25.5 Å². The Morgan fingerprint density at radius 2 is 1.83 bits per heavy atom. The number of esters is 1. The number of hydrogen-bond donors (Lipinski definition) is 1. The van der Waals surface area contributed by atoms with Crippen LogP contribution in [0.5, 0.6) is 5.75 Å². The molecule has 2 aromatic carbocycles. The largest absolute Gasteiger partial charge is 0.495 e. The Hall–Kier alpha value is -3.00. The summed E-state index contributed by atoms with van der Waals surface area (Å²) in [6.45, 7) is 3.42. The number of allylic oxidation sites excluding steroid dienone is 1. The molecule has 1 atom stereocenters. The van der Waals surface area contributed by atoms with E-state index in [2.05, 4.69) is 5.32 Å². The molecule has 1 heterocycles. The Morgan fingerprint density at radius 3 is 2.45 bits per heavy atom. The van der Waals surface area contributed by atoms with Crippen LogP contribution in [-0.4, -0.2) is 24.8 Å². The molecular formula is C21H20F2N2O3S. The van der Waals surface area contributed by atoms with Gasteiger partial charge in [-0.2, -0.15) is 0 Å². The van der Waals surface area contributed by atoms with Gasteiger partial charge in [0.1, 0.15) is 17.4 Å². The van der Waals surface area contributed by atoms with Gasteiger partial charge < -0.3 is 14.8 Å². The van der Waals surface area contributed by atoms with Crippen molar-refractivity contribution in [2.45, 2.75) is 19.9 Å². The maximum atomic E-state index is 14.5. The number of benzene rings is 2. The summed E-state index contributed by atoms with van der Waals surface area (Å²) in [5.41, 5.74) is 0.746. The predicted octanol–water partition coefficient (Wildman–Crippen LogP) is 4.25. The van der Waals surface area contributed by atoms with Crippen LogP contribution in [-0.2, 0) is 9.53 Å². The lowest BCUT2D eigenvalue weighted by Crippen LogP contribution is -2.48. The number of rotatable bonds is 5. The van der Waals surface area contributed by atoms with E-state index in [0.29, 0.717) is 17.1 Å². The van der Waals surface area contributed by atoms with E-state index in [4.69, 9.17) is 21.7 Å². The van der Waals surface area contributed by atoms with E-state index < -0.39 is 23.6 Å². The smallest absolute Gasteiger partial charge is 0.338 e. The van der Waals surface area contributed by atoms with Crippen LogP contribution in [0.4, 0.5) is 14.5 Å². The van der Waals surface area contributed by atoms with E-state index in [1.165, 1.54) is 13.2 Å². The molecule has 29 heavy (non-hydrogen) atoms. The first-order valence-electron chi connectivity index (χ1n) is 8.96. The summed E-state index contributed by atoms with van der Waals surface area (Å²) in [4.78, 5) is 14.4. The van der Waals surface area contributed by atoms with Crippen molar-refractivity contribution in [3.63, 3.8) is 0 Å². The Morgan fingerprint density at radius 1 is 1.17 bits per heavy atom. The number of halogens is 2. The molecule has 0 unspecified atom stereocenters. The molecule has 5 nitrogen and oxygen atoms in total. The van der Waals surface area contributed by atoms with Crippen LogP contribution in [0, 0.1) is 11.6 Å². The summed E-state index contributed by atoms with van der Waals surface area (Å²) in [5, 5.41) is 3.07. The van der Waals surface area contributed by atoms with Crippen LogP contribution >= 0.6 is 12.2 Å². The fraction of sp³-hybridized carbons (Fsp3) is 0.238. The highest BCUT2D eigenvalue weighted by molar-refractivity contribution is 7.80. The molecule has 1 aliphatic rings. The summed E-state index contributed by atoms with van der Waals surface area (Å²) in [5.74, 6) is -1.74. The number of methoxy groups -OCH3 is 1. The molecule has 0 saturated carbocycles. The third-order valence-corrected chi connectivity index (χ3v) is 4.90. The number of ether oxygens (including phenoxy) is 2. The van der Waals surface area contributed by atoms with Crippen molar-refractivity contribution in [3.05, 3.63) is 70.9 Å². The van der Waals surface area contributed by atoms with Gasteiger partial charge in [0.25, 0.3) is 0 Å². The van der Waals surface area contributed by atoms with E-state index in [1.54, 1.807) is 43.0 Å². The topological polar surface area (TPSA) is 50.8 Å². The summed E-state index contributed by atoms with van der Waals surface area (Å²) in [6, 6.07) is 9.50. The van der Waals surface area contributed by atoms with Gasteiger partial charge in [-0.05, 0) is 50.3 Å². The Bertz CT molecular complexity index is 973. The second-order valence-electron chi connectivity index (χ2n) is 6.24. The third kappa shape index (κ3) is 3.80. The molecule has 0 radical (unpaired) electrons. The molecule has 0 spiro atoms. The first-order chi connectivity index (χ1) is 13.9. The molecule has 152 valence electrons. The van der Waals surface area contributed by atoms with Crippen LogP contribution in [0.3, 0.4) is 0 Å². The SMILES string of the molecule is CCOC(=O)C1=C(C)N(c2ccccc2OC)C(=S)N[C@H]1c1c(F)cccc1F. The lowest BCUT2D eigenvalue weighted by molar-refractivity contribution is -0.139. The number of carbonyl (C=O) groups excluding carboxylic acids is 1. The lowest BCUT2D eigenvalue weighted by Gasteiger charge is -2.38. The molecule has 0 fully saturated rings. The van der Waals surface area contributed by atoms with Gasteiger partial charge in [0.2, 0.25) is 0 Å². The fourth-order valence-corrected chi connectivity index (χ4v) is 3.68. The van der Waals surface area contributed by atoms with Crippen LogP contribution in [0.2, 0.25) is 0 Å². The molecular weight excluding hydrogens is 398 g/mol. The molecule has 3 rings (SSSR count). The number of hydrogen-bond acceptors (Lipinski definition) is 4. The van der Waals surface area contributed by atoms with Gasteiger partial charge in [-0.25, -0.2) is 13.6 Å². The predicted molar refractivity (Wildman–Crippen MR) is 110 cm³/mol. The normalized spacial score (nSPS) is 16.5. The first kappa shape index (κ1) is 20.7. The van der Waals surface area contributed by atoms with E-state index in [-0.39, 0.29) is 22.9 Å². The molecule has 1 aliphatic heterocycles. The zero-order valence-corrected chi connectivity index (χ0v) is 17.0. The van der Waals surface area contributed by atoms with Gasteiger partial charge in [0.15, 0.2) is 5.11 Å². The van der Waals surface area contributed by atoms with E-state index in [0.717, 1.165) is 12.1 Å². The van der Waals surface area contributed by atoms with Crippen molar-refractivity contribution in [3.8, 4) is 5.75 Å². The number of thiocarbonyl (C=S) groups is 1. The van der Waals surface area contributed by atoms with Crippen molar-refractivity contribution in [2.75, 3.05) is 18.6 Å². The Labute approximate surface area is 172 Å². The van der Waals surface area contributed by atoms with E-state index in [1.807, 2.05) is 0 Å². The molecule has 1 N–H and O–H groups in total. The van der Waals surface area contributed by atoms with Gasteiger partial charge in [0.05, 0.1) is 36.6 Å². The molecule has 0 bridgehead atoms. The monoisotopic (exact) mass is 418 g/mol. The number of nitrogens with one attached hydrogen (secondary N) is 1. The zero-order chi connectivity index (χ0) is 21.1. The Balaban J connectivity index is 2.23. The standard InChI is InChI=1S/C21H20F2N2O3S/c1-4-28-20(26)17-12(2)25(15-10-5-6-11-16(15)27-3)21(29)24-19(17)18-13(22)8-7-9-14(18)23/h5-11,19H,4H2,1-3H3,(H,24,29)/t19-/m1/s1. The van der Waals surface area contributed by atoms with Crippen molar-refractivity contribution < 1.29 is 23.0 Å². The highest BCUT2D eigenvalue weighted by Crippen LogP contribution is 2.39. The van der Waals surface area contributed by atoms with Crippen molar-refractivity contribution in [1.29, 1.82) is 0 Å². The molecule has 0 saturated heterocycles. The average Bonchev–Trinajstić information content (AvgIpc) is 2.68. The summed E-state index contributed by atoms with van der Waals surface area (Å²) < 4.78 is 39.6. The highest BCUT2D eigenvalue weighted by Gasteiger charge is 2.38. The molecule has 2 aromatic rings. The molecule has 0 amide bonds. The second-order valence-corrected chi connectivity index (χ2v) is 6.63. The van der Waals surface area contributed by atoms with Crippen LogP contribution in [0.15, 0.2) is 53.7 Å². The lowest BCUT2D eigenvalue weighted by atomic mass is 9.94. The molecule has 0 aliphatic carbocycles. The fourth-order valence-electron chi connectivity index (χ4n) is 3.32. The minimum atomic E-state index is -1.13. The van der Waals surface area contributed by atoms with Gasteiger partial charge in [-0.3, -0.25) is 4.90 Å². The number of para-hydroxylation sites is 2. The second kappa shape index (κ2) is 8.57. The Kier molecular flexibility index (Phi) is 6.12. The average molecular weight is 418 g/mol. The van der Waals surface area contributed by atoms with Crippen molar-refractivity contribution in [2.24, 2.45) is 0 Å². The summed E-state index contributed by atoms with van der Waals surface area (Å²) >= 11 is 5.49. The van der Waals surface area contributed by atoms with Crippen molar-refractivity contribution >= 4 is 29.0 Å². The molecule has 8 heteroatoms. The van der Waals surface area contributed by atoms with Gasteiger partial charge >= 0.3 is 5.97 Å². The number of carbonyl (C=O) groups is 1. The zero-order valence-electron chi connectivity index (χ0n) is 16.2. The summed E-state index contributed by atoms with van der Waals surface area (Å²) in [6.07, 6.45) is 0. The van der Waals surface area contributed by atoms with Crippen LogP contribution < -0.4 is 15.0 Å². The first-order valence-corrected chi connectivity index (χ1v) is 9.36. The minimum absolute atomic E-state index is 0.0651. The van der Waals surface area contributed by atoms with Gasteiger partial charge in [-0.15, -0.1) is 0 Å². The van der Waals surface area contributed by atoms with E-state index in [9.17, 15) is 13.6 Å². The third-order valence-electron chi connectivity index (χ3n) is 4.59. The maximum absolute atomic E-state index is 14.5. The maximum Gasteiger partial charge on any atom is 0.338 e.